The van der Waals surface area contributed by atoms with E-state index < -0.39 is 32.5 Å². The first kappa shape index (κ1) is 28.2. The molecular formula is C26H31N3O6S2. The number of carbonyl (C=O) groups is 1. The van der Waals surface area contributed by atoms with Crippen LogP contribution in [0.15, 0.2) is 82.6 Å². The van der Waals surface area contributed by atoms with Crippen LogP contribution in [0.2, 0.25) is 0 Å². The molecule has 0 aliphatic carbocycles. The van der Waals surface area contributed by atoms with E-state index in [4.69, 9.17) is 4.74 Å². The van der Waals surface area contributed by atoms with E-state index in [2.05, 4.69) is 5.32 Å². The summed E-state index contributed by atoms with van der Waals surface area (Å²) in [4.78, 5) is 13.1. The third kappa shape index (κ3) is 6.48. The number of hydrogen-bond acceptors (Lipinski definition) is 6. The summed E-state index contributed by atoms with van der Waals surface area (Å²) in [6.07, 6.45) is 0. The predicted molar refractivity (Wildman–Crippen MR) is 144 cm³/mol. The van der Waals surface area contributed by atoms with Gasteiger partial charge < -0.3 is 10.1 Å². The van der Waals surface area contributed by atoms with Crippen LogP contribution >= 0.6 is 0 Å². The highest BCUT2D eigenvalue weighted by Gasteiger charge is 2.27. The summed E-state index contributed by atoms with van der Waals surface area (Å²) in [7, 11) is -6.24. The van der Waals surface area contributed by atoms with Crippen LogP contribution in [0.25, 0.3) is 0 Å². The lowest BCUT2D eigenvalue weighted by Gasteiger charge is -2.24. The van der Waals surface area contributed by atoms with Crippen LogP contribution in [0.5, 0.6) is 5.75 Å². The Morgan fingerprint density at radius 1 is 0.784 bits per heavy atom. The average molecular weight is 546 g/mol. The Balaban J connectivity index is 1.86. The molecule has 0 radical (unpaired) electrons. The summed E-state index contributed by atoms with van der Waals surface area (Å²) in [6, 6.07) is 18.5. The number of carbonyl (C=O) groups excluding carboxylic acids is 1. The molecule has 0 spiro atoms. The quantitative estimate of drug-likeness (QED) is 0.391. The van der Waals surface area contributed by atoms with Crippen LogP contribution in [0.3, 0.4) is 0 Å². The van der Waals surface area contributed by atoms with E-state index in [-0.39, 0.29) is 9.79 Å². The molecule has 3 aromatic rings. The Labute approximate surface area is 218 Å². The molecule has 0 aliphatic heterocycles. The summed E-state index contributed by atoms with van der Waals surface area (Å²) in [6.45, 7) is 5.59. The van der Waals surface area contributed by atoms with Crippen molar-refractivity contribution in [3.63, 3.8) is 0 Å². The average Bonchev–Trinajstić information content (AvgIpc) is 2.88. The maximum absolute atomic E-state index is 13.5. The fraction of sp³-hybridized carbons (Fsp3) is 0.269. The van der Waals surface area contributed by atoms with Gasteiger partial charge in [0.1, 0.15) is 12.3 Å². The Hall–Kier alpha value is -3.41. The molecule has 0 heterocycles. The Bertz CT molecular complexity index is 1420. The lowest BCUT2D eigenvalue weighted by atomic mass is 10.2. The first-order valence-electron chi connectivity index (χ1n) is 11.7. The van der Waals surface area contributed by atoms with Gasteiger partial charge in [-0.1, -0.05) is 31.5 Å². The van der Waals surface area contributed by atoms with Crippen LogP contribution in [-0.2, 0) is 24.8 Å². The molecule has 3 aromatic carbocycles. The van der Waals surface area contributed by atoms with E-state index in [1.165, 1.54) is 59.9 Å². The van der Waals surface area contributed by atoms with Gasteiger partial charge in [0.2, 0.25) is 15.9 Å². The van der Waals surface area contributed by atoms with Crippen LogP contribution in [0.1, 0.15) is 19.4 Å². The largest absolute Gasteiger partial charge is 0.497 e. The highest BCUT2D eigenvalue weighted by molar-refractivity contribution is 7.92. The molecule has 1 N–H and O–H groups in total. The minimum atomic E-state index is -4.09. The fourth-order valence-electron chi connectivity index (χ4n) is 3.65. The van der Waals surface area contributed by atoms with Crippen LogP contribution < -0.4 is 14.4 Å². The van der Waals surface area contributed by atoms with Gasteiger partial charge in [-0.15, -0.1) is 0 Å². The fourth-order valence-corrected chi connectivity index (χ4v) is 6.53. The lowest BCUT2D eigenvalue weighted by molar-refractivity contribution is -0.114. The van der Waals surface area contributed by atoms with Gasteiger partial charge in [-0.3, -0.25) is 9.10 Å². The molecule has 0 atom stereocenters. The second-order valence-electron chi connectivity index (χ2n) is 8.18. The van der Waals surface area contributed by atoms with Gasteiger partial charge in [-0.25, -0.2) is 16.8 Å². The van der Waals surface area contributed by atoms with Crippen molar-refractivity contribution in [2.45, 2.75) is 30.6 Å². The molecule has 0 aromatic heterocycles. The van der Waals surface area contributed by atoms with Crippen molar-refractivity contribution in [2.24, 2.45) is 0 Å². The van der Waals surface area contributed by atoms with Gasteiger partial charge in [-0.2, -0.15) is 4.31 Å². The predicted octanol–water partition coefficient (Wildman–Crippen LogP) is 3.87. The Kier molecular flexibility index (Phi) is 8.95. The molecular weight excluding hydrogens is 514 g/mol. The molecule has 3 rings (SSSR count). The number of benzene rings is 3. The standard InChI is InChI=1S/C26H31N3O6S2/c1-5-28(6-2)36(31,32)24-15-9-21(10-16-24)27-26(30)19-29(22-11-7-20(3)8-12-22)37(33,34)25-17-13-23(35-4)14-18-25/h7-18H,5-6,19H2,1-4H3,(H,27,30). The summed E-state index contributed by atoms with van der Waals surface area (Å²) in [5, 5.41) is 2.66. The molecule has 0 saturated heterocycles. The third-order valence-corrected chi connectivity index (χ3v) is 9.59. The molecule has 1 amide bonds. The zero-order valence-corrected chi connectivity index (χ0v) is 22.8. The van der Waals surface area contributed by atoms with Crippen LogP contribution in [-0.4, -0.2) is 53.8 Å². The summed E-state index contributed by atoms with van der Waals surface area (Å²) in [5.41, 5.74) is 1.61. The Morgan fingerprint density at radius 3 is 1.81 bits per heavy atom. The molecule has 9 nitrogen and oxygen atoms in total. The number of hydrogen-bond donors (Lipinski definition) is 1. The van der Waals surface area contributed by atoms with Crippen molar-refractivity contribution >= 4 is 37.3 Å². The normalized spacial score (nSPS) is 11.8. The van der Waals surface area contributed by atoms with Gasteiger partial charge in [0.05, 0.1) is 22.6 Å². The van der Waals surface area contributed by atoms with Crippen molar-refractivity contribution in [3.05, 3.63) is 78.4 Å². The lowest BCUT2D eigenvalue weighted by Crippen LogP contribution is -2.38. The molecule has 0 saturated carbocycles. The maximum atomic E-state index is 13.5. The van der Waals surface area contributed by atoms with Crippen molar-refractivity contribution in [3.8, 4) is 5.75 Å². The topological polar surface area (TPSA) is 113 Å². The van der Waals surface area contributed by atoms with Gasteiger partial charge in [0.15, 0.2) is 0 Å². The van der Waals surface area contributed by atoms with E-state index in [1.54, 1.807) is 38.1 Å². The van der Waals surface area contributed by atoms with E-state index in [9.17, 15) is 21.6 Å². The van der Waals surface area contributed by atoms with Crippen LogP contribution in [0.4, 0.5) is 11.4 Å². The molecule has 198 valence electrons. The maximum Gasteiger partial charge on any atom is 0.264 e. The number of methoxy groups -OCH3 is 1. The monoisotopic (exact) mass is 545 g/mol. The molecule has 37 heavy (non-hydrogen) atoms. The highest BCUT2D eigenvalue weighted by atomic mass is 32.2. The molecule has 0 aliphatic rings. The van der Waals surface area contributed by atoms with Crippen molar-refractivity contribution in [1.82, 2.24) is 4.31 Å². The summed E-state index contributed by atoms with van der Waals surface area (Å²) < 4.78 is 59.9. The van der Waals surface area contributed by atoms with Crippen molar-refractivity contribution in [2.75, 3.05) is 36.4 Å². The van der Waals surface area contributed by atoms with Gasteiger partial charge in [0.25, 0.3) is 10.0 Å². The number of nitrogens with zero attached hydrogens (tertiary/aromatic N) is 2. The minimum absolute atomic E-state index is 0.00707. The minimum Gasteiger partial charge on any atom is -0.497 e. The molecule has 0 unspecified atom stereocenters. The number of nitrogens with one attached hydrogen (secondary N) is 1. The van der Waals surface area contributed by atoms with E-state index in [0.29, 0.717) is 30.2 Å². The first-order chi connectivity index (χ1) is 17.5. The van der Waals surface area contributed by atoms with Gasteiger partial charge in [-0.05, 0) is 67.6 Å². The second kappa shape index (κ2) is 11.8. The first-order valence-corrected chi connectivity index (χ1v) is 14.5. The highest BCUT2D eigenvalue weighted by Crippen LogP contribution is 2.26. The summed E-state index contributed by atoms with van der Waals surface area (Å²) in [5.74, 6) is -0.0814. The molecule has 11 heteroatoms. The number of aryl methyl sites for hydroxylation is 1. The smallest absolute Gasteiger partial charge is 0.264 e. The van der Waals surface area contributed by atoms with Crippen molar-refractivity contribution in [1.29, 1.82) is 0 Å². The second-order valence-corrected chi connectivity index (χ2v) is 12.0. The van der Waals surface area contributed by atoms with E-state index in [1.807, 2.05) is 6.92 Å². The number of sulfonamides is 2. The molecule has 0 fully saturated rings. The number of anilines is 2. The molecule has 0 bridgehead atoms. The number of rotatable bonds is 11. The summed E-state index contributed by atoms with van der Waals surface area (Å²) >= 11 is 0. The zero-order chi connectivity index (χ0) is 27.2. The third-order valence-electron chi connectivity index (χ3n) is 5.74. The number of amides is 1. The SMILES string of the molecule is CCN(CC)S(=O)(=O)c1ccc(NC(=O)CN(c2ccc(C)cc2)S(=O)(=O)c2ccc(OC)cc2)cc1. The van der Waals surface area contributed by atoms with Gasteiger partial charge in [0, 0.05) is 18.8 Å². The van der Waals surface area contributed by atoms with Gasteiger partial charge >= 0.3 is 0 Å². The van der Waals surface area contributed by atoms with Crippen molar-refractivity contribution < 1.29 is 26.4 Å². The zero-order valence-electron chi connectivity index (χ0n) is 21.2. The van der Waals surface area contributed by atoms with E-state index in [0.717, 1.165) is 9.87 Å². The van der Waals surface area contributed by atoms with E-state index >= 15 is 0 Å². The number of ether oxygens (including phenoxy) is 1. The Morgan fingerprint density at radius 2 is 1.30 bits per heavy atom. The van der Waals surface area contributed by atoms with Crippen LogP contribution in [0, 0.1) is 6.92 Å².